The smallest absolute Gasteiger partial charge is 0.251 e. The van der Waals surface area contributed by atoms with Gasteiger partial charge in [-0.05, 0) is 56.2 Å². The maximum absolute atomic E-state index is 12.5. The minimum Gasteiger partial charge on any atom is -0.347 e. The first-order chi connectivity index (χ1) is 10.1. The second kappa shape index (κ2) is 4.77. The topological polar surface area (TPSA) is 58.2 Å². The van der Waals surface area contributed by atoms with E-state index >= 15 is 0 Å². The largest absolute Gasteiger partial charge is 0.347 e. The third-order valence-corrected chi connectivity index (χ3v) is 6.05. The Hall–Kier alpha value is -1.49. The Bertz CT molecular complexity index is 621. The Kier molecular flexibility index (Phi) is 2.99. The van der Waals surface area contributed by atoms with E-state index in [4.69, 9.17) is 0 Å². The average Bonchev–Trinajstić information content (AvgIpc) is 3.06. The molecule has 21 heavy (non-hydrogen) atoms. The first-order valence-corrected chi connectivity index (χ1v) is 8.51. The van der Waals surface area contributed by atoms with Crippen LogP contribution >= 0.6 is 11.8 Å². The van der Waals surface area contributed by atoms with Gasteiger partial charge in [0.1, 0.15) is 0 Å². The number of amides is 2. The summed E-state index contributed by atoms with van der Waals surface area (Å²) in [6.07, 6.45) is 5.91. The van der Waals surface area contributed by atoms with Crippen molar-refractivity contribution in [3.8, 4) is 0 Å². The van der Waals surface area contributed by atoms with E-state index in [0.29, 0.717) is 11.3 Å². The monoisotopic (exact) mass is 302 g/mol. The molecular formula is C16H18N2O2S. The van der Waals surface area contributed by atoms with Gasteiger partial charge >= 0.3 is 0 Å². The van der Waals surface area contributed by atoms with Gasteiger partial charge in [0.25, 0.3) is 5.91 Å². The fourth-order valence-electron chi connectivity index (χ4n) is 3.90. The number of fused-ring (bicyclic) bond motifs is 3. The van der Waals surface area contributed by atoms with Gasteiger partial charge in [0, 0.05) is 16.0 Å². The quantitative estimate of drug-likeness (QED) is 0.883. The molecule has 2 aliphatic carbocycles. The zero-order chi connectivity index (χ0) is 14.4. The lowest BCUT2D eigenvalue weighted by atomic mass is 9.93. The van der Waals surface area contributed by atoms with Crippen molar-refractivity contribution in [3.05, 3.63) is 23.8 Å². The molecule has 0 saturated heterocycles. The number of rotatable bonds is 2. The molecule has 1 aromatic rings. The van der Waals surface area contributed by atoms with Crippen molar-refractivity contribution in [3.63, 3.8) is 0 Å². The number of hydrogen-bond donors (Lipinski definition) is 2. The highest BCUT2D eigenvalue weighted by molar-refractivity contribution is 8.00. The molecule has 5 heteroatoms. The standard InChI is InChI=1S/C16H18N2O2S/c19-14-9-21-13-7-11(1-2-12(13)17-14)15(20)18-16-5-3-10(8-16)4-6-16/h1-2,7,10H,3-6,8-9H2,(H,17,19)(H,18,20). The Balaban J connectivity index is 1.53. The summed E-state index contributed by atoms with van der Waals surface area (Å²) in [6, 6.07) is 5.53. The molecule has 0 unspecified atom stereocenters. The lowest BCUT2D eigenvalue weighted by molar-refractivity contribution is -0.113. The van der Waals surface area contributed by atoms with Crippen molar-refractivity contribution < 1.29 is 9.59 Å². The first kappa shape index (κ1) is 13.2. The number of benzene rings is 1. The molecule has 4 nitrogen and oxygen atoms in total. The number of hydrogen-bond acceptors (Lipinski definition) is 3. The molecular weight excluding hydrogens is 284 g/mol. The molecule has 2 bridgehead atoms. The number of anilines is 1. The van der Waals surface area contributed by atoms with Crippen molar-refractivity contribution in [1.29, 1.82) is 0 Å². The summed E-state index contributed by atoms with van der Waals surface area (Å²) in [5.41, 5.74) is 1.56. The number of thioether (sulfide) groups is 1. The van der Waals surface area contributed by atoms with Crippen molar-refractivity contribution >= 4 is 29.3 Å². The molecule has 2 saturated carbocycles. The molecule has 1 aliphatic heterocycles. The fourth-order valence-corrected chi connectivity index (χ4v) is 4.74. The number of carbonyl (C=O) groups excluding carboxylic acids is 2. The van der Waals surface area contributed by atoms with Crippen LogP contribution in [0.4, 0.5) is 5.69 Å². The molecule has 0 aromatic heterocycles. The lowest BCUT2D eigenvalue weighted by Crippen LogP contribution is -2.45. The molecule has 0 atom stereocenters. The van der Waals surface area contributed by atoms with Crippen LogP contribution < -0.4 is 10.6 Å². The minimum absolute atomic E-state index is 0.0199. The van der Waals surface area contributed by atoms with Gasteiger partial charge in [0.2, 0.25) is 5.91 Å². The minimum atomic E-state index is 0.0199. The number of carbonyl (C=O) groups is 2. The van der Waals surface area contributed by atoms with E-state index in [-0.39, 0.29) is 17.4 Å². The zero-order valence-electron chi connectivity index (χ0n) is 11.8. The van der Waals surface area contributed by atoms with Crippen LogP contribution in [0.15, 0.2) is 23.1 Å². The maximum atomic E-state index is 12.5. The molecule has 0 spiro atoms. The summed E-state index contributed by atoms with van der Waals surface area (Å²) < 4.78 is 0. The van der Waals surface area contributed by atoms with Crippen molar-refractivity contribution in [2.75, 3.05) is 11.1 Å². The molecule has 2 amide bonds. The molecule has 1 heterocycles. The van der Waals surface area contributed by atoms with Gasteiger partial charge < -0.3 is 10.6 Å². The summed E-state index contributed by atoms with van der Waals surface area (Å²) in [5.74, 6) is 1.29. The summed E-state index contributed by atoms with van der Waals surface area (Å²) in [4.78, 5) is 24.9. The highest BCUT2D eigenvalue weighted by Gasteiger charge is 2.45. The van der Waals surface area contributed by atoms with Gasteiger partial charge in [0.15, 0.2) is 0 Å². The second-order valence-electron chi connectivity index (χ2n) is 6.43. The van der Waals surface area contributed by atoms with Crippen molar-refractivity contribution in [1.82, 2.24) is 5.32 Å². The van der Waals surface area contributed by atoms with Crippen LogP contribution in [0.3, 0.4) is 0 Å². The highest BCUT2D eigenvalue weighted by Crippen LogP contribution is 2.47. The van der Waals surface area contributed by atoms with Gasteiger partial charge in [0.05, 0.1) is 11.4 Å². The van der Waals surface area contributed by atoms with Crippen LogP contribution in [-0.2, 0) is 4.79 Å². The van der Waals surface area contributed by atoms with Gasteiger partial charge in [-0.3, -0.25) is 9.59 Å². The molecule has 1 aromatic carbocycles. The molecule has 3 aliphatic rings. The Morgan fingerprint density at radius 2 is 2.14 bits per heavy atom. The van der Waals surface area contributed by atoms with Crippen LogP contribution in [0.25, 0.3) is 0 Å². The average molecular weight is 302 g/mol. The third kappa shape index (κ3) is 2.33. The van der Waals surface area contributed by atoms with Gasteiger partial charge in [-0.15, -0.1) is 11.8 Å². The maximum Gasteiger partial charge on any atom is 0.251 e. The van der Waals surface area contributed by atoms with E-state index in [2.05, 4.69) is 10.6 Å². The van der Waals surface area contributed by atoms with E-state index in [9.17, 15) is 9.59 Å². The second-order valence-corrected chi connectivity index (χ2v) is 7.45. The number of nitrogens with one attached hydrogen (secondary N) is 2. The highest BCUT2D eigenvalue weighted by atomic mass is 32.2. The summed E-state index contributed by atoms with van der Waals surface area (Å²) in [5, 5.41) is 6.11. The summed E-state index contributed by atoms with van der Waals surface area (Å²) in [7, 11) is 0. The zero-order valence-corrected chi connectivity index (χ0v) is 12.6. The van der Waals surface area contributed by atoms with E-state index in [1.54, 1.807) is 6.07 Å². The Morgan fingerprint density at radius 3 is 2.86 bits per heavy atom. The first-order valence-electron chi connectivity index (χ1n) is 7.53. The fraction of sp³-hybridized carbons (Fsp3) is 0.500. The van der Waals surface area contributed by atoms with E-state index in [1.807, 2.05) is 12.1 Å². The van der Waals surface area contributed by atoms with Crippen LogP contribution in [0.5, 0.6) is 0 Å². The summed E-state index contributed by atoms with van der Waals surface area (Å²) >= 11 is 1.49. The van der Waals surface area contributed by atoms with Crippen LogP contribution in [0.1, 0.15) is 42.5 Å². The Morgan fingerprint density at radius 1 is 1.33 bits per heavy atom. The normalized spacial score (nSPS) is 29.9. The van der Waals surface area contributed by atoms with E-state index < -0.39 is 0 Å². The molecule has 4 rings (SSSR count). The Labute approximate surface area is 128 Å². The van der Waals surface area contributed by atoms with E-state index in [1.165, 1.54) is 24.6 Å². The lowest BCUT2D eigenvalue weighted by Gasteiger charge is -2.28. The molecule has 110 valence electrons. The van der Waals surface area contributed by atoms with Crippen LogP contribution in [0.2, 0.25) is 0 Å². The summed E-state index contributed by atoms with van der Waals surface area (Å²) in [6.45, 7) is 0. The third-order valence-electron chi connectivity index (χ3n) is 5.00. The van der Waals surface area contributed by atoms with Crippen LogP contribution in [-0.4, -0.2) is 23.1 Å². The van der Waals surface area contributed by atoms with Gasteiger partial charge in [-0.1, -0.05) is 0 Å². The van der Waals surface area contributed by atoms with Crippen molar-refractivity contribution in [2.45, 2.75) is 42.5 Å². The van der Waals surface area contributed by atoms with Gasteiger partial charge in [-0.2, -0.15) is 0 Å². The predicted molar refractivity (Wildman–Crippen MR) is 82.6 cm³/mol. The van der Waals surface area contributed by atoms with Crippen molar-refractivity contribution in [2.24, 2.45) is 5.92 Å². The SMILES string of the molecule is O=C1CSc2cc(C(=O)NC34CCC(CC3)C4)ccc2N1. The van der Waals surface area contributed by atoms with Gasteiger partial charge in [-0.25, -0.2) is 0 Å². The molecule has 0 radical (unpaired) electrons. The molecule has 2 fully saturated rings. The predicted octanol–water partition coefficient (Wildman–Crippen LogP) is 2.79. The van der Waals surface area contributed by atoms with Crippen LogP contribution in [0, 0.1) is 5.92 Å². The van der Waals surface area contributed by atoms with E-state index in [0.717, 1.165) is 35.8 Å². The molecule has 2 N–H and O–H groups in total.